The predicted molar refractivity (Wildman–Crippen MR) is 195 cm³/mol. The first kappa shape index (κ1) is 34.8. The number of carbonyl (C=O) groups is 2. The lowest BCUT2D eigenvalue weighted by Crippen LogP contribution is -2.49. The van der Waals surface area contributed by atoms with E-state index in [0.717, 1.165) is 45.7 Å². The van der Waals surface area contributed by atoms with Gasteiger partial charge in [0, 0.05) is 18.1 Å². The summed E-state index contributed by atoms with van der Waals surface area (Å²) in [7, 11) is -4.59. The minimum atomic E-state index is -4.59. The lowest BCUT2D eigenvalue weighted by molar-refractivity contribution is -0.384. The van der Waals surface area contributed by atoms with Crippen LogP contribution in [-0.4, -0.2) is 31.2 Å². The Bertz CT molecular complexity index is 2330. The summed E-state index contributed by atoms with van der Waals surface area (Å²) in [5, 5.41) is 15.5. The zero-order valence-electron chi connectivity index (χ0n) is 26.9. The number of hydrogen-bond acceptors (Lipinski definition) is 7. The van der Waals surface area contributed by atoms with E-state index in [2.05, 4.69) is 5.32 Å². The highest BCUT2D eigenvalue weighted by molar-refractivity contribution is 7.90. The van der Waals surface area contributed by atoms with Gasteiger partial charge in [-0.25, -0.2) is 13.1 Å². The van der Waals surface area contributed by atoms with Crippen LogP contribution in [0.15, 0.2) is 144 Å². The normalized spacial score (nSPS) is 11.8. The van der Waals surface area contributed by atoms with Crippen LogP contribution in [0.1, 0.15) is 21.5 Å². The van der Waals surface area contributed by atoms with Crippen LogP contribution in [0, 0.1) is 10.1 Å². The standard InChI is InChI=1S/C39H30ClN3O7S/c40-35-21-20-34(24-37(35)43(46)47)51(48,49)42-39(45)36(41-38(44)32-17-16-29-8-4-5-9-31(29)23-32)22-26-12-18-33(19-13-26)50-25-27-10-14-30(15-11-27)28-6-2-1-3-7-28/h1-21,23-24,36H,22,25H2,(H,41,44)(H,42,45). The average molecular weight is 720 g/mol. The van der Waals surface area contributed by atoms with Crippen LogP contribution in [0.3, 0.4) is 0 Å². The number of hydrogen-bond donors (Lipinski definition) is 2. The van der Waals surface area contributed by atoms with Gasteiger partial charge in [0.2, 0.25) is 0 Å². The average Bonchev–Trinajstić information content (AvgIpc) is 3.14. The first-order valence-electron chi connectivity index (χ1n) is 15.7. The van der Waals surface area contributed by atoms with Crippen molar-refractivity contribution in [2.24, 2.45) is 0 Å². The van der Waals surface area contributed by atoms with E-state index in [9.17, 15) is 28.1 Å². The Hall–Kier alpha value is -6.04. The van der Waals surface area contributed by atoms with E-state index in [1.165, 1.54) is 0 Å². The summed E-state index contributed by atoms with van der Waals surface area (Å²) < 4.78 is 34.3. The van der Waals surface area contributed by atoms with E-state index in [-0.39, 0.29) is 17.0 Å². The minimum absolute atomic E-state index is 0.0807. The highest BCUT2D eigenvalue weighted by Crippen LogP contribution is 2.27. The van der Waals surface area contributed by atoms with E-state index in [1.54, 1.807) is 42.5 Å². The van der Waals surface area contributed by atoms with Gasteiger partial charge in [0.05, 0.1) is 9.82 Å². The van der Waals surface area contributed by atoms with E-state index in [4.69, 9.17) is 16.3 Å². The molecule has 256 valence electrons. The van der Waals surface area contributed by atoms with Gasteiger partial charge >= 0.3 is 0 Å². The van der Waals surface area contributed by atoms with Gasteiger partial charge in [-0.2, -0.15) is 0 Å². The van der Waals surface area contributed by atoms with Crippen molar-refractivity contribution in [2.45, 2.75) is 24.0 Å². The van der Waals surface area contributed by atoms with Crippen molar-refractivity contribution in [3.63, 3.8) is 0 Å². The molecule has 0 bridgehead atoms. The Kier molecular flexibility index (Phi) is 10.4. The first-order chi connectivity index (χ1) is 24.6. The number of ether oxygens (including phenoxy) is 1. The van der Waals surface area contributed by atoms with Gasteiger partial charge < -0.3 is 10.1 Å². The third-order valence-corrected chi connectivity index (χ3v) is 9.79. The summed E-state index contributed by atoms with van der Waals surface area (Å²) in [6.07, 6.45) is -0.0807. The Balaban J connectivity index is 1.18. The van der Waals surface area contributed by atoms with Gasteiger partial charge in [0.1, 0.15) is 23.4 Å². The van der Waals surface area contributed by atoms with Gasteiger partial charge in [-0.1, -0.05) is 109 Å². The van der Waals surface area contributed by atoms with Gasteiger partial charge in [0.25, 0.3) is 27.5 Å². The first-order valence-corrected chi connectivity index (χ1v) is 17.6. The molecule has 2 amide bonds. The van der Waals surface area contributed by atoms with Crippen LogP contribution in [-0.2, 0) is 27.8 Å². The highest BCUT2D eigenvalue weighted by Gasteiger charge is 2.28. The minimum Gasteiger partial charge on any atom is -0.489 e. The Morgan fingerprint density at radius 1 is 0.745 bits per heavy atom. The van der Waals surface area contributed by atoms with Gasteiger partial charge in [-0.3, -0.25) is 19.7 Å². The molecule has 1 unspecified atom stereocenters. The smallest absolute Gasteiger partial charge is 0.289 e. The van der Waals surface area contributed by atoms with Crippen molar-refractivity contribution in [3.05, 3.63) is 171 Å². The molecule has 0 aliphatic heterocycles. The number of halogens is 1. The zero-order chi connectivity index (χ0) is 36.0. The molecule has 1 atom stereocenters. The maximum absolute atomic E-state index is 13.6. The second kappa shape index (κ2) is 15.2. The fourth-order valence-corrected chi connectivity index (χ4v) is 6.62. The topological polar surface area (TPSA) is 145 Å². The van der Waals surface area contributed by atoms with Crippen LogP contribution in [0.2, 0.25) is 5.02 Å². The van der Waals surface area contributed by atoms with Crippen LogP contribution < -0.4 is 14.8 Å². The van der Waals surface area contributed by atoms with E-state index in [0.29, 0.717) is 17.9 Å². The molecule has 0 fully saturated rings. The number of carbonyl (C=O) groups excluding carboxylic acids is 2. The lowest BCUT2D eigenvalue weighted by atomic mass is 10.0. The molecule has 51 heavy (non-hydrogen) atoms. The maximum atomic E-state index is 13.6. The molecule has 0 saturated carbocycles. The lowest BCUT2D eigenvalue weighted by Gasteiger charge is -2.19. The molecule has 0 aromatic heterocycles. The fourth-order valence-electron chi connectivity index (χ4n) is 5.39. The molecule has 12 heteroatoms. The second-order valence-corrected chi connectivity index (χ2v) is 13.7. The number of benzene rings is 6. The molecular weight excluding hydrogens is 690 g/mol. The third-order valence-electron chi connectivity index (χ3n) is 8.12. The van der Waals surface area contributed by atoms with Crippen LogP contribution in [0.25, 0.3) is 21.9 Å². The quantitative estimate of drug-likeness (QED) is 0.0985. The number of sulfonamides is 1. The molecule has 0 radical (unpaired) electrons. The van der Waals surface area contributed by atoms with E-state index >= 15 is 0 Å². The molecule has 6 rings (SSSR count). The van der Waals surface area contributed by atoms with E-state index < -0.39 is 43.4 Å². The predicted octanol–water partition coefficient (Wildman–Crippen LogP) is 7.49. The molecule has 6 aromatic carbocycles. The van der Waals surface area contributed by atoms with Gasteiger partial charge in [0.15, 0.2) is 0 Å². The maximum Gasteiger partial charge on any atom is 0.289 e. The summed E-state index contributed by atoms with van der Waals surface area (Å²) in [6.45, 7) is 0.321. The molecule has 0 spiro atoms. The monoisotopic (exact) mass is 719 g/mol. The Labute approximate surface area is 298 Å². The summed E-state index contributed by atoms with van der Waals surface area (Å²) in [5.41, 5.74) is 3.42. The van der Waals surface area contributed by atoms with Crippen molar-refractivity contribution in [1.82, 2.24) is 10.0 Å². The number of nitrogens with zero attached hydrogens (tertiary/aromatic N) is 1. The number of nitro groups is 1. The second-order valence-electron chi connectivity index (χ2n) is 11.6. The highest BCUT2D eigenvalue weighted by atomic mass is 35.5. The van der Waals surface area contributed by atoms with E-state index in [1.807, 2.05) is 83.6 Å². The third kappa shape index (κ3) is 8.58. The number of amides is 2. The SMILES string of the molecule is O=C(NC(Cc1ccc(OCc2ccc(-c3ccccc3)cc2)cc1)C(=O)NS(=O)(=O)c1ccc(Cl)c([N+](=O)[O-])c1)c1ccc2ccccc2c1. The molecule has 6 aromatic rings. The molecule has 0 saturated heterocycles. The van der Waals surface area contributed by atoms with Crippen molar-refractivity contribution in [1.29, 1.82) is 0 Å². The van der Waals surface area contributed by atoms with Crippen molar-refractivity contribution in [3.8, 4) is 16.9 Å². The van der Waals surface area contributed by atoms with Crippen molar-refractivity contribution in [2.75, 3.05) is 0 Å². The van der Waals surface area contributed by atoms with Crippen molar-refractivity contribution >= 4 is 49.9 Å². The van der Waals surface area contributed by atoms with Gasteiger partial charge in [-0.05, 0) is 69.4 Å². The molecule has 0 heterocycles. The van der Waals surface area contributed by atoms with Crippen molar-refractivity contribution < 1.29 is 27.7 Å². The number of nitrogens with one attached hydrogen (secondary N) is 2. The number of fused-ring (bicyclic) bond motifs is 1. The van der Waals surface area contributed by atoms with Crippen LogP contribution >= 0.6 is 11.6 Å². The molecule has 0 aliphatic rings. The molecular formula is C39H30ClN3O7S. The van der Waals surface area contributed by atoms with Crippen LogP contribution in [0.4, 0.5) is 5.69 Å². The largest absolute Gasteiger partial charge is 0.489 e. The Morgan fingerprint density at radius 2 is 1.39 bits per heavy atom. The Morgan fingerprint density at radius 3 is 2.10 bits per heavy atom. The molecule has 10 nitrogen and oxygen atoms in total. The van der Waals surface area contributed by atoms with Gasteiger partial charge in [-0.15, -0.1) is 0 Å². The fraction of sp³-hybridized carbons (Fsp3) is 0.0769. The molecule has 2 N–H and O–H groups in total. The molecule has 0 aliphatic carbocycles. The summed E-state index contributed by atoms with van der Waals surface area (Å²) in [5.74, 6) is -1.07. The van der Waals surface area contributed by atoms with Crippen LogP contribution in [0.5, 0.6) is 5.75 Å². The summed E-state index contributed by atoms with van der Waals surface area (Å²) >= 11 is 5.85. The summed E-state index contributed by atoms with van der Waals surface area (Å²) in [4.78, 5) is 36.9. The zero-order valence-corrected chi connectivity index (χ0v) is 28.4. The number of nitro benzene ring substituents is 1. The number of rotatable bonds is 12. The summed E-state index contributed by atoms with van der Waals surface area (Å²) in [6, 6.07) is 39.0.